The summed E-state index contributed by atoms with van der Waals surface area (Å²) < 4.78 is 5.56. The van der Waals surface area contributed by atoms with Gasteiger partial charge >= 0.3 is 0 Å². The van der Waals surface area contributed by atoms with E-state index in [-0.39, 0.29) is 18.6 Å². The van der Waals surface area contributed by atoms with Crippen LogP contribution in [0, 0.1) is 0 Å². The Hall–Kier alpha value is -1.55. The molecule has 0 aliphatic rings. The van der Waals surface area contributed by atoms with Gasteiger partial charge in [0.15, 0.2) is 0 Å². The monoisotopic (exact) mass is 251 g/mol. The summed E-state index contributed by atoms with van der Waals surface area (Å²) >= 11 is 0. The van der Waals surface area contributed by atoms with Crippen LogP contribution in [-0.2, 0) is 4.79 Å². The molecule has 0 heterocycles. The highest BCUT2D eigenvalue weighted by molar-refractivity contribution is 5.64. The lowest BCUT2D eigenvalue weighted by atomic mass is 10.0. The van der Waals surface area contributed by atoms with Crippen LogP contribution in [0.15, 0.2) is 24.3 Å². The topological polar surface area (TPSA) is 77.0 Å². The minimum atomic E-state index is -0.997. The molecule has 4 nitrogen and oxygen atoms in total. The Morgan fingerprint density at radius 2 is 1.94 bits per heavy atom. The van der Waals surface area contributed by atoms with Crippen LogP contribution in [0.4, 0.5) is 0 Å². The summed E-state index contributed by atoms with van der Waals surface area (Å²) in [5.41, 5.74) is 5.14. The van der Waals surface area contributed by atoms with Crippen molar-refractivity contribution in [2.75, 3.05) is 0 Å². The first-order chi connectivity index (χ1) is 8.49. The number of carboxylic acids is 1. The van der Waals surface area contributed by atoms with E-state index in [1.54, 1.807) is 0 Å². The molecule has 0 aliphatic carbocycles. The zero-order valence-electron chi connectivity index (χ0n) is 11.0. The van der Waals surface area contributed by atoms with Crippen LogP contribution < -0.4 is 15.6 Å². The fraction of sp³-hybridized carbons (Fsp3) is 0.500. The highest BCUT2D eigenvalue weighted by Gasteiger charge is 2.09. The van der Waals surface area contributed by atoms with Crippen LogP contribution in [0.5, 0.6) is 5.75 Å². The molecule has 18 heavy (non-hydrogen) atoms. The molecule has 1 rings (SSSR count). The Morgan fingerprint density at radius 1 is 1.33 bits per heavy atom. The predicted molar refractivity (Wildman–Crippen MR) is 66.7 cm³/mol. The second kappa shape index (κ2) is 7.01. The van der Waals surface area contributed by atoms with Gasteiger partial charge in [0.1, 0.15) is 11.8 Å². The van der Waals surface area contributed by atoms with Gasteiger partial charge in [0.2, 0.25) is 0 Å². The van der Waals surface area contributed by atoms with Gasteiger partial charge in [0.25, 0.3) is 0 Å². The molecule has 0 bridgehead atoms. The molecule has 0 aromatic heterocycles. The van der Waals surface area contributed by atoms with E-state index in [1.807, 2.05) is 38.1 Å². The number of aliphatic carboxylic acids is 1. The van der Waals surface area contributed by atoms with Gasteiger partial charge in [-0.1, -0.05) is 0 Å². The first kappa shape index (κ1) is 14.5. The molecule has 0 fully saturated rings. The molecule has 4 heteroatoms. The van der Waals surface area contributed by atoms with Crippen molar-refractivity contribution in [2.24, 2.45) is 0 Å². The second-order valence-electron chi connectivity index (χ2n) is 4.70. The summed E-state index contributed by atoms with van der Waals surface area (Å²) in [5, 5.41) is 10.3. The van der Waals surface area contributed by atoms with E-state index in [2.05, 4.69) is 5.73 Å². The van der Waals surface area contributed by atoms with Crippen LogP contribution >= 0.6 is 0 Å². The Kier molecular flexibility index (Phi) is 5.65. The lowest BCUT2D eigenvalue weighted by Gasteiger charge is -2.12. The van der Waals surface area contributed by atoms with Crippen molar-refractivity contribution in [1.82, 2.24) is 0 Å². The minimum Gasteiger partial charge on any atom is -0.550 e. The zero-order valence-corrected chi connectivity index (χ0v) is 11.0. The zero-order chi connectivity index (χ0) is 13.5. The maximum atomic E-state index is 10.3. The molecular weight excluding hydrogens is 230 g/mol. The van der Waals surface area contributed by atoms with Crippen molar-refractivity contribution in [3.63, 3.8) is 0 Å². The van der Waals surface area contributed by atoms with E-state index in [9.17, 15) is 9.90 Å². The Morgan fingerprint density at radius 3 is 2.44 bits per heavy atom. The van der Waals surface area contributed by atoms with Crippen LogP contribution in [0.1, 0.15) is 44.7 Å². The molecule has 1 atom stereocenters. The van der Waals surface area contributed by atoms with Crippen LogP contribution in [0.2, 0.25) is 0 Å². The van der Waals surface area contributed by atoms with Crippen molar-refractivity contribution >= 4 is 5.97 Å². The molecule has 3 N–H and O–H groups in total. The van der Waals surface area contributed by atoms with Gasteiger partial charge in [-0.25, -0.2) is 0 Å². The third kappa shape index (κ3) is 5.19. The largest absolute Gasteiger partial charge is 0.550 e. The predicted octanol–water partition coefficient (Wildman–Crippen LogP) is 0.677. The third-order valence-corrected chi connectivity index (χ3v) is 2.66. The average molecular weight is 251 g/mol. The van der Waals surface area contributed by atoms with E-state index < -0.39 is 5.97 Å². The van der Waals surface area contributed by atoms with Crippen LogP contribution in [0.25, 0.3) is 0 Å². The maximum Gasteiger partial charge on any atom is 0.119 e. The molecule has 0 radical (unpaired) electrons. The quantitative estimate of drug-likeness (QED) is 0.774. The number of quaternary nitrogens is 1. The lowest BCUT2D eigenvalue weighted by molar-refractivity contribution is -0.428. The van der Waals surface area contributed by atoms with Crippen molar-refractivity contribution in [1.29, 1.82) is 0 Å². The SMILES string of the molecule is CC(C)Oc1ccc([C@H]([NH3+])CCCC(=O)[O-])cc1. The number of ether oxygens (including phenoxy) is 1. The Bertz CT molecular complexity index is 373. The van der Waals surface area contributed by atoms with E-state index >= 15 is 0 Å². The summed E-state index contributed by atoms with van der Waals surface area (Å²) in [6.07, 6.45) is 1.61. The minimum absolute atomic E-state index is 0.0978. The summed E-state index contributed by atoms with van der Waals surface area (Å²) in [5.74, 6) is -0.154. The molecule has 0 saturated heterocycles. The number of carbonyl (C=O) groups is 1. The molecule has 0 amide bonds. The molecule has 1 aromatic carbocycles. The highest BCUT2D eigenvalue weighted by Crippen LogP contribution is 2.19. The third-order valence-electron chi connectivity index (χ3n) is 2.66. The van der Waals surface area contributed by atoms with Gasteiger partial charge in [-0.05, 0) is 51.0 Å². The lowest BCUT2D eigenvalue weighted by Crippen LogP contribution is -2.53. The first-order valence-corrected chi connectivity index (χ1v) is 6.28. The van der Waals surface area contributed by atoms with Gasteiger partial charge in [-0.15, -0.1) is 0 Å². The number of rotatable bonds is 7. The first-order valence-electron chi connectivity index (χ1n) is 6.28. The van der Waals surface area contributed by atoms with Gasteiger partial charge in [-0.3, -0.25) is 0 Å². The summed E-state index contributed by atoms with van der Waals surface area (Å²) in [6, 6.07) is 7.92. The molecule has 1 aromatic rings. The van der Waals surface area contributed by atoms with Crippen LogP contribution in [0.3, 0.4) is 0 Å². The van der Waals surface area contributed by atoms with E-state index in [0.29, 0.717) is 6.42 Å². The molecular formula is C14H21NO3. The number of hydrogen-bond donors (Lipinski definition) is 1. The molecule has 100 valence electrons. The van der Waals surface area contributed by atoms with E-state index in [0.717, 1.165) is 17.7 Å². The Labute approximate surface area is 108 Å². The highest BCUT2D eigenvalue weighted by atomic mass is 16.5. The summed E-state index contributed by atoms with van der Waals surface area (Å²) in [6.45, 7) is 3.97. The fourth-order valence-electron chi connectivity index (χ4n) is 1.75. The molecule has 0 spiro atoms. The van der Waals surface area contributed by atoms with Crippen molar-refractivity contribution in [3.8, 4) is 5.75 Å². The van der Waals surface area contributed by atoms with Crippen molar-refractivity contribution < 1.29 is 20.4 Å². The normalized spacial score (nSPS) is 12.4. The van der Waals surface area contributed by atoms with Gasteiger partial charge in [0, 0.05) is 18.0 Å². The maximum absolute atomic E-state index is 10.3. The standard InChI is InChI=1S/C14H21NO3/c1-10(2)18-12-8-6-11(7-9-12)13(15)4-3-5-14(16)17/h6-10,13H,3-5,15H2,1-2H3,(H,16,17)/t13-/m1/s1. The second-order valence-corrected chi connectivity index (χ2v) is 4.70. The average Bonchev–Trinajstić information content (AvgIpc) is 2.28. The number of carbonyl (C=O) groups excluding carboxylic acids is 1. The molecule has 0 aliphatic heterocycles. The fourth-order valence-corrected chi connectivity index (χ4v) is 1.75. The van der Waals surface area contributed by atoms with E-state index in [4.69, 9.17) is 4.74 Å². The van der Waals surface area contributed by atoms with E-state index in [1.165, 1.54) is 0 Å². The van der Waals surface area contributed by atoms with Crippen LogP contribution in [-0.4, -0.2) is 12.1 Å². The van der Waals surface area contributed by atoms with Crippen molar-refractivity contribution in [3.05, 3.63) is 29.8 Å². The van der Waals surface area contributed by atoms with Crippen molar-refractivity contribution in [2.45, 2.75) is 45.3 Å². The van der Waals surface area contributed by atoms with Gasteiger partial charge in [0.05, 0.1) is 6.10 Å². The van der Waals surface area contributed by atoms with Gasteiger partial charge in [-0.2, -0.15) is 0 Å². The molecule has 0 saturated carbocycles. The smallest absolute Gasteiger partial charge is 0.119 e. The summed E-state index contributed by atoms with van der Waals surface area (Å²) in [4.78, 5) is 10.3. The number of hydrogen-bond acceptors (Lipinski definition) is 3. The number of benzene rings is 1. The summed E-state index contributed by atoms with van der Waals surface area (Å²) in [7, 11) is 0. The molecule has 0 unspecified atom stereocenters. The Balaban J connectivity index is 2.48. The van der Waals surface area contributed by atoms with Gasteiger partial charge < -0.3 is 20.4 Å². The number of carboxylic acid groups (broad SMARTS) is 1.